The number of amides is 3. The van der Waals surface area contributed by atoms with Gasteiger partial charge in [-0.25, -0.2) is 4.98 Å². The van der Waals surface area contributed by atoms with Gasteiger partial charge in [0.2, 0.25) is 17.7 Å². The van der Waals surface area contributed by atoms with E-state index in [1.54, 1.807) is 13.2 Å². The molecule has 248 valence electrons. The molecule has 3 aromatic rings. The fourth-order valence-corrected chi connectivity index (χ4v) is 6.27. The molecule has 0 unspecified atom stereocenters. The van der Waals surface area contributed by atoms with E-state index in [9.17, 15) is 27.6 Å². The van der Waals surface area contributed by atoms with Gasteiger partial charge in [0.25, 0.3) is 0 Å². The van der Waals surface area contributed by atoms with E-state index in [0.29, 0.717) is 30.0 Å². The highest BCUT2D eigenvalue weighted by molar-refractivity contribution is 6.10. The van der Waals surface area contributed by atoms with Crippen LogP contribution >= 0.6 is 0 Å². The number of carbonyl (C=O) groups is 3. The van der Waals surface area contributed by atoms with Crippen LogP contribution < -0.4 is 20.0 Å². The molecule has 1 aromatic carbocycles. The molecule has 2 aliphatic rings. The van der Waals surface area contributed by atoms with Crippen molar-refractivity contribution in [1.29, 1.82) is 0 Å². The number of carbonyl (C=O) groups excluding carboxylic acids is 3. The number of anilines is 3. The third kappa shape index (κ3) is 7.14. The van der Waals surface area contributed by atoms with Crippen molar-refractivity contribution < 1.29 is 27.6 Å². The number of nitrogens with zero attached hydrogens (tertiary/aromatic N) is 6. The summed E-state index contributed by atoms with van der Waals surface area (Å²) in [5, 5.41) is 2.83. The number of halogens is 3. The maximum atomic E-state index is 14.1. The fourth-order valence-electron chi connectivity index (χ4n) is 6.27. The Hall–Kier alpha value is -4.78. The first kappa shape index (κ1) is 33.6. The number of pyridine rings is 2. The van der Waals surface area contributed by atoms with Crippen LogP contribution in [0.5, 0.6) is 0 Å². The van der Waals surface area contributed by atoms with E-state index in [-0.39, 0.29) is 36.9 Å². The zero-order valence-corrected chi connectivity index (χ0v) is 27.1. The molecule has 1 saturated heterocycles. The molecule has 5 rings (SSSR count). The predicted octanol–water partition coefficient (Wildman–Crippen LogP) is 4.25. The molecule has 0 spiro atoms. The summed E-state index contributed by atoms with van der Waals surface area (Å²) in [6, 6.07) is 10.0. The predicted molar refractivity (Wildman–Crippen MR) is 173 cm³/mol. The Morgan fingerprint density at radius 3 is 2.53 bits per heavy atom. The molecule has 4 heterocycles. The molecular formula is C34H38F3N7O3. The van der Waals surface area contributed by atoms with E-state index in [1.165, 1.54) is 11.8 Å². The molecule has 13 heteroatoms. The lowest BCUT2D eigenvalue weighted by atomic mass is 9.94. The van der Waals surface area contributed by atoms with E-state index < -0.39 is 35.5 Å². The first-order valence-corrected chi connectivity index (χ1v) is 15.2. The lowest BCUT2D eigenvalue weighted by Crippen LogP contribution is -2.52. The standard InChI is InChI=1S/C34H38F3N7O3/c1-20-8-7-9-27-30(20)43(18-23-10-11-26(38-15-23)16-39-32(46)21(2)17-41(4)5)19-24-13-29(45)44(31(24)33(47)42(27)6)28-14-25(34(35,36)37)12-22(3)40-28/h7-12,14-15,24,31H,2,13,16-19H2,1,3-6H3,(H,39,46)/t24-,31+/m1/s1. The first-order chi connectivity index (χ1) is 22.1. The number of aryl methyl sites for hydroxylation is 2. The van der Waals surface area contributed by atoms with Gasteiger partial charge in [-0.2, -0.15) is 13.2 Å². The summed E-state index contributed by atoms with van der Waals surface area (Å²) >= 11 is 0. The Labute approximate surface area is 271 Å². The smallest absolute Gasteiger partial charge is 0.365 e. The van der Waals surface area contributed by atoms with Gasteiger partial charge in [-0.1, -0.05) is 24.8 Å². The van der Waals surface area contributed by atoms with Crippen molar-refractivity contribution in [2.45, 2.75) is 45.6 Å². The molecule has 0 bridgehead atoms. The largest absolute Gasteiger partial charge is 0.416 e. The van der Waals surface area contributed by atoms with E-state index in [1.807, 2.05) is 56.3 Å². The normalized spacial score (nSPS) is 18.2. The highest BCUT2D eigenvalue weighted by atomic mass is 19.4. The van der Waals surface area contributed by atoms with Crippen LogP contribution in [0.25, 0.3) is 0 Å². The van der Waals surface area contributed by atoms with Crippen LogP contribution in [0.1, 0.15) is 34.5 Å². The molecule has 2 aliphatic heterocycles. The second-order valence-corrected chi connectivity index (χ2v) is 12.4. The average molecular weight is 650 g/mol. The number of benzene rings is 1. The quantitative estimate of drug-likeness (QED) is 0.364. The number of hydrogen-bond donors (Lipinski definition) is 1. The Balaban J connectivity index is 1.44. The van der Waals surface area contributed by atoms with Gasteiger partial charge in [0.05, 0.1) is 29.2 Å². The minimum Gasteiger partial charge on any atom is -0.365 e. The lowest BCUT2D eigenvalue weighted by Gasteiger charge is -2.39. The summed E-state index contributed by atoms with van der Waals surface area (Å²) < 4.78 is 41.2. The van der Waals surface area contributed by atoms with Crippen LogP contribution in [0.15, 0.2) is 60.8 Å². The Morgan fingerprint density at radius 2 is 1.87 bits per heavy atom. The van der Waals surface area contributed by atoms with Gasteiger partial charge in [0.15, 0.2) is 0 Å². The van der Waals surface area contributed by atoms with Crippen LogP contribution in [0.4, 0.5) is 30.4 Å². The maximum absolute atomic E-state index is 14.1. The van der Waals surface area contributed by atoms with Crippen LogP contribution in [-0.4, -0.2) is 72.9 Å². The molecule has 0 radical (unpaired) electrons. The van der Waals surface area contributed by atoms with Gasteiger partial charge in [0, 0.05) is 56.5 Å². The molecule has 2 atom stereocenters. The van der Waals surface area contributed by atoms with Crippen molar-refractivity contribution in [3.63, 3.8) is 0 Å². The second-order valence-electron chi connectivity index (χ2n) is 12.4. The number of fused-ring (bicyclic) bond motifs is 2. The van der Waals surface area contributed by atoms with Crippen LogP contribution in [-0.2, 0) is 33.6 Å². The van der Waals surface area contributed by atoms with Gasteiger partial charge in [0.1, 0.15) is 11.9 Å². The van der Waals surface area contributed by atoms with E-state index in [2.05, 4.69) is 26.8 Å². The third-order valence-electron chi connectivity index (χ3n) is 8.39. The Kier molecular flexibility index (Phi) is 9.39. The monoisotopic (exact) mass is 649 g/mol. The van der Waals surface area contributed by atoms with E-state index >= 15 is 0 Å². The first-order valence-electron chi connectivity index (χ1n) is 15.2. The van der Waals surface area contributed by atoms with E-state index in [4.69, 9.17) is 0 Å². The average Bonchev–Trinajstić information content (AvgIpc) is 3.32. The zero-order chi connectivity index (χ0) is 34.2. The maximum Gasteiger partial charge on any atom is 0.416 e. The Morgan fingerprint density at radius 1 is 1.13 bits per heavy atom. The Bertz CT molecular complexity index is 1710. The van der Waals surface area contributed by atoms with Gasteiger partial charge < -0.3 is 20.0 Å². The highest BCUT2D eigenvalue weighted by Gasteiger charge is 2.49. The molecule has 2 aromatic heterocycles. The summed E-state index contributed by atoms with van der Waals surface area (Å²) in [5.41, 5.74) is 3.48. The van der Waals surface area contributed by atoms with Crippen molar-refractivity contribution in [2.75, 3.05) is 48.9 Å². The van der Waals surface area contributed by atoms with Crippen LogP contribution in [0, 0.1) is 19.8 Å². The summed E-state index contributed by atoms with van der Waals surface area (Å²) in [4.78, 5) is 55.3. The summed E-state index contributed by atoms with van der Waals surface area (Å²) in [5.74, 6) is -1.83. The molecule has 47 heavy (non-hydrogen) atoms. The van der Waals surface area contributed by atoms with Crippen LogP contribution in [0.3, 0.4) is 0 Å². The SMILES string of the molecule is C=C(CN(C)C)C(=O)NCc1ccc(CN2C[C@H]3CC(=O)N(c4cc(C(F)(F)F)cc(C)n4)[C@@H]3C(=O)N(C)c3cccc(C)c32)cn1. The van der Waals surface area contributed by atoms with Gasteiger partial charge in [-0.05, 0) is 63.3 Å². The van der Waals surface area contributed by atoms with Gasteiger partial charge >= 0.3 is 6.18 Å². The fraction of sp³-hybridized carbons (Fsp3) is 0.382. The second kappa shape index (κ2) is 13.1. The highest BCUT2D eigenvalue weighted by Crippen LogP contribution is 2.42. The van der Waals surface area contributed by atoms with Gasteiger partial charge in [-0.3, -0.25) is 24.3 Å². The molecule has 3 amide bonds. The van der Waals surface area contributed by atoms with Gasteiger partial charge in [-0.15, -0.1) is 0 Å². The van der Waals surface area contributed by atoms with Crippen molar-refractivity contribution in [3.05, 3.63) is 88.9 Å². The number of rotatable bonds is 8. The summed E-state index contributed by atoms with van der Waals surface area (Å²) in [7, 11) is 5.33. The lowest BCUT2D eigenvalue weighted by molar-refractivity contribution is -0.137. The minimum atomic E-state index is -4.64. The topological polar surface area (TPSA) is 102 Å². The number of hydrogen-bond acceptors (Lipinski definition) is 7. The number of alkyl halides is 3. The minimum absolute atomic E-state index is 0.0328. The van der Waals surface area contributed by atoms with Crippen molar-refractivity contribution in [2.24, 2.45) is 5.92 Å². The third-order valence-corrected chi connectivity index (χ3v) is 8.39. The van der Waals surface area contributed by atoms with Crippen molar-refractivity contribution in [3.8, 4) is 0 Å². The number of nitrogens with one attached hydrogen (secondary N) is 1. The summed E-state index contributed by atoms with van der Waals surface area (Å²) in [6.45, 7) is 8.54. The number of para-hydroxylation sites is 1. The summed E-state index contributed by atoms with van der Waals surface area (Å²) in [6.07, 6.45) is -2.95. The molecule has 1 fully saturated rings. The molecule has 0 aliphatic carbocycles. The molecule has 1 N–H and O–H groups in total. The number of likely N-dealkylation sites (N-methyl/N-ethyl adjacent to an activating group) is 2. The zero-order valence-electron chi connectivity index (χ0n) is 27.1. The van der Waals surface area contributed by atoms with Crippen molar-refractivity contribution in [1.82, 2.24) is 20.2 Å². The van der Waals surface area contributed by atoms with Crippen LogP contribution in [0.2, 0.25) is 0 Å². The molecule has 0 saturated carbocycles. The van der Waals surface area contributed by atoms with Crippen molar-refractivity contribution >= 4 is 34.9 Å². The molecule has 10 nitrogen and oxygen atoms in total. The van der Waals surface area contributed by atoms with E-state index in [0.717, 1.165) is 33.8 Å². The molecular weight excluding hydrogens is 611 g/mol. The number of aromatic nitrogens is 2.